The topological polar surface area (TPSA) is 124 Å². The van der Waals surface area contributed by atoms with Crippen LogP contribution in [0.2, 0.25) is 0 Å². The van der Waals surface area contributed by atoms with Gasteiger partial charge in [-0.2, -0.15) is 9.61 Å². The van der Waals surface area contributed by atoms with E-state index in [0.29, 0.717) is 0 Å². The molecule has 2 heterocycles. The number of aryl methyl sites for hydroxylation is 1. The van der Waals surface area contributed by atoms with Gasteiger partial charge in [0, 0.05) is 0 Å². The summed E-state index contributed by atoms with van der Waals surface area (Å²) in [4.78, 5) is 3.79. The summed E-state index contributed by atoms with van der Waals surface area (Å²) in [7, 11) is -7.85. The van der Waals surface area contributed by atoms with E-state index in [-0.39, 0.29) is 31.0 Å². The fraction of sp³-hybridized carbons (Fsp3) is 0.0526. The largest absolute Gasteiger partial charge is 0.382 e. The number of benzene rings is 2. The number of fused-ring (bicyclic) bond motifs is 1. The van der Waals surface area contributed by atoms with E-state index in [0.717, 1.165) is 22.5 Å². The van der Waals surface area contributed by atoms with Crippen molar-refractivity contribution in [2.75, 3.05) is 5.73 Å². The molecule has 4 rings (SSSR count). The van der Waals surface area contributed by atoms with Crippen molar-refractivity contribution < 1.29 is 16.8 Å². The Morgan fingerprint density at radius 2 is 1.38 bits per heavy atom. The molecular formula is C19H16N4O4S2. The van der Waals surface area contributed by atoms with Gasteiger partial charge in [-0.1, -0.05) is 35.9 Å². The number of rotatable bonds is 4. The molecule has 0 atom stereocenters. The molecule has 0 unspecified atom stereocenters. The first-order valence-electron chi connectivity index (χ1n) is 8.47. The molecular weight excluding hydrogens is 412 g/mol. The first kappa shape index (κ1) is 19.1. The van der Waals surface area contributed by atoms with Crippen LogP contribution >= 0.6 is 0 Å². The van der Waals surface area contributed by atoms with Gasteiger partial charge in [0.05, 0.1) is 22.2 Å². The van der Waals surface area contributed by atoms with E-state index in [2.05, 4.69) is 10.1 Å². The Balaban J connectivity index is 1.88. The zero-order chi connectivity index (χ0) is 20.8. The van der Waals surface area contributed by atoms with Crippen LogP contribution in [0.25, 0.3) is 5.65 Å². The van der Waals surface area contributed by atoms with Crippen LogP contribution in [0.1, 0.15) is 5.56 Å². The smallest absolute Gasteiger partial charge is 0.211 e. The fourth-order valence-corrected chi connectivity index (χ4v) is 5.52. The van der Waals surface area contributed by atoms with Crippen molar-refractivity contribution in [1.29, 1.82) is 0 Å². The lowest BCUT2D eigenvalue weighted by molar-refractivity contribution is 0.595. The number of nitrogens with two attached hydrogens (primary N) is 1. The highest BCUT2D eigenvalue weighted by Crippen LogP contribution is 2.29. The minimum Gasteiger partial charge on any atom is -0.382 e. The van der Waals surface area contributed by atoms with Gasteiger partial charge in [-0.3, -0.25) is 0 Å². The number of aromatic nitrogens is 3. The second kappa shape index (κ2) is 6.68. The Bertz CT molecular complexity index is 1430. The van der Waals surface area contributed by atoms with Crippen LogP contribution in [0.15, 0.2) is 86.6 Å². The van der Waals surface area contributed by atoms with E-state index in [1.165, 1.54) is 24.3 Å². The van der Waals surface area contributed by atoms with Gasteiger partial charge in [-0.05, 0) is 31.2 Å². The molecule has 0 aliphatic carbocycles. The predicted octanol–water partition coefficient (Wildman–Crippen LogP) is 2.29. The van der Waals surface area contributed by atoms with Crippen LogP contribution in [0, 0.1) is 6.92 Å². The minimum atomic E-state index is -3.95. The summed E-state index contributed by atoms with van der Waals surface area (Å²) in [6, 6.07) is 14.1. The lowest BCUT2D eigenvalue weighted by atomic mass is 10.2. The molecule has 29 heavy (non-hydrogen) atoms. The molecule has 2 aromatic heterocycles. The van der Waals surface area contributed by atoms with E-state index in [1.807, 2.05) is 6.92 Å². The van der Waals surface area contributed by atoms with Gasteiger partial charge in [-0.25, -0.2) is 21.8 Å². The molecule has 0 radical (unpaired) electrons. The molecule has 2 N–H and O–H groups in total. The molecule has 0 fully saturated rings. The summed E-state index contributed by atoms with van der Waals surface area (Å²) in [5, 5.41) is 3.98. The monoisotopic (exact) mass is 428 g/mol. The Kier molecular flexibility index (Phi) is 4.39. The first-order chi connectivity index (χ1) is 13.7. The van der Waals surface area contributed by atoms with Crippen LogP contribution < -0.4 is 5.73 Å². The van der Waals surface area contributed by atoms with Crippen molar-refractivity contribution in [2.45, 2.75) is 26.5 Å². The van der Waals surface area contributed by atoms with E-state index < -0.39 is 19.7 Å². The number of nitrogens with zero attached hydrogens (tertiary/aromatic N) is 3. The van der Waals surface area contributed by atoms with Gasteiger partial charge < -0.3 is 5.73 Å². The lowest BCUT2D eigenvalue weighted by Crippen LogP contribution is -2.11. The van der Waals surface area contributed by atoms with Gasteiger partial charge in [0.1, 0.15) is 15.6 Å². The Morgan fingerprint density at radius 3 is 2.03 bits per heavy atom. The summed E-state index contributed by atoms with van der Waals surface area (Å²) < 4.78 is 52.7. The molecule has 4 aromatic rings. The summed E-state index contributed by atoms with van der Waals surface area (Å²) in [6.07, 6.45) is 2.18. The number of hydrogen-bond acceptors (Lipinski definition) is 7. The number of nitrogen functional groups attached to an aromatic ring is 1. The molecule has 0 saturated carbocycles. The van der Waals surface area contributed by atoms with Crippen molar-refractivity contribution >= 4 is 31.1 Å². The molecule has 0 aliphatic heterocycles. The maximum atomic E-state index is 13.0. The van der Waals surface area contributed by atoms with Crippen LogP contribution in [0.3, 0.4) is 0 Å². The highest BCUT2D eigenvalue weighted by Gasteiger charge is 2.28. The van der Waals surface area contributed by atoms with Crippen molar-refractivity contribution in [1.82, 2.24) is 14.6 Å². The molecule has 0 aliphatic rings. The van der Waals surface area contributed by atoms with Crippen molar-refractivity contribution in [2.24, 2.45) is 0 Å². The third kappa shape index (κ3) is 3.06. The van der Waals surface area contributed by atoms with Crippen molar-refractivity contribution in [3.05, 3.63) is 72.6 Å². The van der Waals surface area contributed by atoms with Crippen LogP contribution in [-0.4, -0.2) is 31.4 Å². The molecule has 10 heteroatoms. The Labute approximate surface area is 167 Å². The molecule has 8 nitrogen and oxygen atoms in total. The first-order valence-corrected chi connectivity index (χ1v) is 11.4. The third-order valence-corrected chi connectivity index (χ3v) is 8.01. The quantitative estimate of drug-likeness (QED) is 0.529. The highest BCUT2D eigenvalue weighted by molar-refractivity contribution is 7.92. The van der Waals surface area contributed by atoms with Crippen LogP contribution in [-0.2, 0) is 19.7 Å². The predicted molar refractivity (Wildman–Crippen MR) is 106 cm³/mol. The van der Waals surface area contributed by atoms with Gasteiger partial charge in [0.2, 0.25) is 19.7 Å². The summed E-state index contributed by atoms with van der Waals surface area (Å²) in [5.74, 6) is -0.218. The molecule has 148 valence electrons. The molecule has 2 aromatic carbocycles. The SMILES string of the molecule is Cc1ccc(S(=O)(=O)c2cnc3c(S(=O)(=O)c4ccccc4)cnn3c2N)cc1. The normalized spacial score (nSPS) is 12.3. The Hall–Kier alpha value is -3.24. The summed E-state index contributed by atoms with van der Waals surface area (Å²) in [5.41, 5.74) is 6.92. The van der Waals surface area contributed by atoms with Gasteiger partial charge >= 0.3 is 0 Å². The molecule has 0 spiro atoms. The summed E-state index contributed by atoms with van der Waals surface area (Å²) >= 11 is 0. The maximum absolute atomic E-state index is 13.0. The summed E-state index contributed by atoms with van der Waals surface area (Å²) in [6.45, 7) is 1.84. The van der Waals surface area contributed by atoms with E-state index in [4.69, 9.17) is 5.73 Å². The second-order valence-corrected chi connectivity index (χ2v) is 10.2. The fourth-order valence-electron chi connectivity index (χ4n) is 2.88. The Morgan fingerprint density at radius 1 is 0.793 bits per heavy atom. The standard InChI is InChI=1S/C19H16N4O4S2/c1-13-7-9-15(10-8-13)28(24,25)16-11-21-19-17(12-22-23(19)18(16)20)29(26,27)14-5-3-2-4-6-14/h2-12H,20H2,1H3. The number of sulfone groups is 2. The third-order valence-electron chi connectivity index (χ3n) is 4.46. The van der Waals surface area contributed by atoms with Crippen LogP contribution in [0.5, 0.6) is 0 Å². The highest BCUT2D eigenvalue weighted by atomic mass is 32.2. The van der Waals surface area contributed by atoms with Crippen LogP contribution in [0.4, 0.5) is 5.82 Å². The lowest BCUT2D eigenvalue weighted by Gasteiger charge is -2.09. The minimum absolute atomic E-state index is 0.0470. The number of hydrogen-bond donors (Lipinski definition) is 1. The zero-order valence-corrected chi connectivity index (χ0v) is 16.9. The molecule has 0 amide bonds. The van der Waals surface area contributed by atoms with E-state index >= 15 is 0 Å². The average Bonchev–Trinajstić information content (AvgIpc) is 3.15. The maximum Gasteiger partial charge on any atom is 0.211 e. The van der Waals surface area contributed by atoms with E-state index in [9.17, 15) is 16.8 Å². The molecule has 0 bridgehead atoms. The number of anilines is 1. The zero-order valence-electron chi connectivity index (χ0n) is 15.2. The van der Waals surface area contributed by atoms with Crippen molar-refractivity contribution in [3.8, 4) is 0 Å². The van der Waals surface area contributed by atoms with Crippen molar-refractivity contribution in [3.63, 3.8) is 0 Å². The van der Waals surface area contributed by atoms with Gasteiger partial charge in [0.25, 0.3) is 0 Å². The van der Waals surface area contributed by atoms with Gasteiger partial charge in [0.15, 0.2) is 5.65 Å². The molecule has 0 saturated heterocycles. The second-order valence-electron chi connectivity index (χ2n) is 6.38. The van der Waals surface area contributed by atoms with E-state index in [1.54, 1.807) is 30.3 Å². The average molecular weight is 428 g/mol. The van der Waals surface area contributed by atoms with Gasteiger partial charge in [-0.15, -0.1) is 0 Å².